The SMILES string of the molecule is CCOC(=O)c1ccc2c(c1)sc(=NC(=O)Cc1cccc(OC)c1)n2CCOC. The van der Waals surface area contributed by atoms with Gasteiger partial charge in [-0.1, -0.05) is 23.5 Å². The number of fused-ring (bicyclic) bond motifs is 1. The van der Waals surface area contributed by atoms with Crippen molar-refractivity contribution in [2.24, 2.45) is 4.99 Å². The molecule has 8 heteroatoms. The fourth-order valence-corrected chi connectivity index (χ4v) is 4.11. The third-order valence-electron chi connectivity index (χ3n) is 4.42. The van der Waals surface area contributed by atoms with Crippen LogP contribution in [0.25, 0.3) is 10.2 Å². The maximum atomic E-state index is 12.6. The predicted octanol–water partition coefficient (Wildman–Crippen LogP) is 3.20. The van der Waals surface area contributed by atoms with E-state index in [4.69, 9.17) is 14.2 Å². The van der Waals surface area contributed by atoms with E-state index in [1.165, 1.54) is 11.3 Å². The molecule has 0 aliphatic heterocycles. The number of benzene rings is 2. The van der Waals surface area contributed by atoms with Crippen LogP contribution in [0.4, 0.5) is 0 Å². The Kier molecular flexibility index (Phi) is 7.37. The van der Waals surface area contributed by atoms with Gasteiger partial charge in [-0.15, -0.1) is 0 Å². The van der Waals surface area contributed by atoms with E-state index in [1.807, 2.05) is 34.9 Å². The van der Waals surface area contributed by atoms with Gasteiger partial charge in [-0.25, -0.2) is 4.79 Å². The smallest absolute Gasteiger partial charge is 0.338 e. The van der Waals surface area contributed by atoms with Gasteiger partial charge in [0.1, 0.15) is 5.75 Å². The molecule has 3 aromatic rings. The highest BCUT2D eigenvalue weighted by molar-refractivity contribution is 7.16. The quantitative estimate of drug-likeness (QED) is 0.515. The van der Waals surface area contributed by atoms with Crippen molar-refractivity contribution in [1.29, 1.82) is 0 Å². The molecule has 1 aromatic heterocycles. The third-order valence-corrected chi connectivity index (χ3v) is 5.46. The van der Waals surface area contributed by atoms with Crippen LogP contribution in [0.2, 0.25) is 0 Å². The van der Waals surface area contributed by atoms with E-state index in [2.05, 4.69) is 4.99 Å². The minimum atomic E-state index is -0.371. The molecule has 158 valence electrons. The van der Waals surface area contributed by atoms with Crippen LogP contribution in [0.15, 0.2) is 47.5 Å². The molecule has 0 radical (unpaired) electrons. The van der Waals surface area contributed by atoms with Gasteiger partial charge in [-0.3, -0.25) is 4.79 Å². The number of aromatic nitrogens is 1. The molecule has 1 heterocycles. The minimum Gasteiger partial charge on any atom is -0.497 e. The highest BCUT2D eigenvalue weighted by Crippen LogP contribution is 2.20. The molecule has 0 aliphatic carbocycles. The first kappa shape index (κ1) is 21.7. The van der Waals surface area contributed by atoms with Crippen LogP contribution >= 0.6 is 11.3 Å². The van der Waals surface area contributed by atoms with Gasteiger partial charge < -0.3 is 18.8 Å². The molecule has 7 nitrogen and oxygen atoms in total. The van der Waals surface area contributed by atoms with Crippen LogP contribution < -0.4 is 9.54 Å². The summed E-state index contributed by atoms with van der Waals surface area (Å²) in [4.78, 5) is 29.6. The van der Waals surface area contributed by atoms with Gasteiger partial charge in [0.05, 0.1) is 42.5 Å². The first-order chi connectivity index (χ1) is 14.5. The summed E-state index contributed by atoms with van der Waals surface area (Å²) in [5, 5.41) is 0. The molecule has 0 saturated carbocycles. The molecule has 1 amide bonds. The van der Waals surface area contributed by atoms with Gasteiger partial charge >= 0.3 is 5.97 Å². The maximum absolute atomic E-state index is 12.6. The van der Waals surface area contributed by atoms with Gasteiger partial charge in [-0.2, -0.15) is 4.99 Å². The van der Waals surface area contributed by atoms with E-state index in [-0.39, 0.29) is 18.3 Å². The number of thiazole rings is 1. The highest BCUT2D eigenvalue weighted by atomic mass is 32.1. The van der Waals surface area contributed by atoms with Crippen LogP contribution in [0.3, 0.4) is 0 Å². The molecule has 0 bridgehead atoms. The summed E-state index contributed by atoms with van der Waals surface area (Å²) in [6, 6.07) is 12.7. The number of rotatable bonds is 8. The third kappa shape index (κ3) is 5.14. The number of nitrogens with zero attached hydrogens (tertiary/aromatic N) is 2. The van der Waals surface area contributed by atoms with Crippen LogP contribution in [0, 0.1) is 0 Å². The molecule has 2 aromatic carbocycles. The van der Waals surface area contributed by atoms with E-state index in [1.54, 1.807) is 33.3 Å². The fourth-order valence-electron chi connectivity index (χ4n) is 3.00. The summed E-state index contributed by atoms with van der Waals surface area (Å²) >= 11 is 1.36. The second-order valence-corrected chi connectivity index (χ2v) is 7.47. The monoisotopic (exact) mass is 428 g/mol. The first-order valence-electron chi connectivity index (χ1n) is 9.55. The second-order valence-electron chi connectivity index (χ2n) is 6.47. The standard InChI is InChI=1S/C22H24N2O5S/c1-4-29-21(26)16-8-9-18-19(14-16)30-22(24(18)10-11-27-2)23-20(25)13-15-6-5-7-17(12-15)28-3/h5-9,12,14H,4,10-11,13H2,1-3H3. The summed E-state index contributed by atoms with van der Waals surface area (Å²) in [7, 11) is 3.21. The number of carbonyl (C=O) groups excluding carboxylic acids is 2. The van der Waals surface area contributed by atoms with E-state index in [0.717, 1.165) is 15.8 Å². The lowest BCUT2D eigenvalue weighted by Crippen LogP contribution is -2.19. The van der Waals surface area contributed by atoms with E-state index in [0.29, 0.717) is 35.9 Å². The number of esters is 1. The molecule has 0 spiro atoms. The normalized spacial score (nSPS) is 11.6. The predicted molar refractivity (Wildman–Crippen MR) is 115 cm³/mol. The lowest BCUT2D eigenvalue weighted by Gasteiger charge is -2.05. The highest BCUT2D eigenvalue weighted by Gasteiger charge is 2.13. The van der Waals surface area contributed by atoms with Crippen LogP contribution in [-0.2, 0) is 27.2 Å². The maximum Gasteiger partial charge on any atom is 0.338 e. The molecular weight excluding hydrogens is 404 g/mol. The Labute approximate surface area is 178 Å². The van der Waals surface area contributed by atoms with Crippen molar-refractivity contribution < 1.29 is 23.8 Å². The number of hydrogen-bond acceptors (Lipinski definition) is 6. The molecular formula is C22H24N2O5S. The van der Waals surface area contributed by atoms with Crippen molar-refractivity contribution in [2.75, 3.05) is 27.4 Å². The summed E-state index contributed by atoms with van der Waals surface area (Å²) < 4.78 is 18.3. The fraction of sp³-hybridized carbons (Fsp3) is 0.318. The van der Waals surface area contributed by atoms with Gasteiger partial charge in [0, 0.05) is 13.7 Å². The van der Waals surface area contributed by atoms with Crippen LogP contribution in [0.5, 0.6) is 5.75 Å². The average molecular weight is 429 g/mol. The number of amides is 1. The lowest BCUT2D eigenvalue weighted by atomic mass is 10.1. The number of methoxy groups -OCH3 is 2. The molecule has 0 fully saturated rings. The molecule has 0 unspecified atom stereocenters. The second kappa shape index (κ2) is 10.2. The molecule has 0 atom stereocenters. The van der Waals surface area contributed by atoms with Gasteiger partial charge in [0.2, 0.25) is 0 Å². The van der Waals surface area contributed by atoms with Crippen molar-refractivity contribution in [3.05, 3.63) is 58.4 Å². The number of carbonyl (C=O) groups is 2. The minimum absolute atomic E-state index is 0.170. The van der Waals surface area contributed by atoms with Crippen molar-refractivity contribution in [1.82, 2.24) is 4.57 Å². The molecule has 3 rings (SSSR count). The first-order valence-corrected chi connectivity index (χ1v) is 10.4. The largest absolute Gasteiger partial charge is 0.497 e. The van der Waals surface area contributed by atoms with E-state index < -0.39 is 0 Å². The Bertz CT molecular complexity index is 1120. The molecule has 30 heavy (non-hydrogen) atoms. The number of hydrogen-bond donors (Lipinski definition) is 0. The van der Waals surface area contributed by atoms with Crippen molar-refractivity contribution in [2.45, 2.75) is 19.9 Å². The molecule has 0 aliphatic rings. The van der Waals surface area contributed by atoms with Gasteiger partial charge in [0.15, 0.2) is 4.80 Å². The van der Waals surface area contributed by atoms with Crippen LogP contribution in [0.1, 0.15) is 22.8 Å². The Balaban J connectivity index is 1.97. The van der Waals surface area contributed by atoms with Gasteiger partial charge in [0.25, 0.3) is 5.91 Å². The van der Waals surface area contributed by atoms with E-state index in [9.17, 15) is 9.59 Å². The van der Waals surface area contributed by atoms with Crippen LogP contribution in [-0.4, -0.2) is 43.9 Å². The Morgan fingerprint density at radius 3 is 2.70 bits per heavy atom. The average Bonchev–Trinajstić information content (AvgIpc) is 3.08. The Hall–Kier alpha value is -2.97. The topological polar surface area (TPSA) is 79.1 Å². The van der Waals surface area contributed by atoms with Gasteiger partial charge in [-0.05, 0) is 42.8 Å². The summed E-state index contributed by atoms with van der Waals surface area (Å²) in [5.74, 6) is 0.0687. The Morgan fingerprint density at radius 1 is 1.13 bits per heavy atom. The zero-order chi connectivity index (χ0) is 21.5. The summed E-state index contributed by atoms with van der Waals surface area (Å²) in [6.07, 6.45) is 0.170. The summed E-state index contributed by atoms with van der Waals surface area (Å²) in [6.45, 7) is 3.10. The van der Waals surface area contributed by atoms with Crippen molar-refractivity contribution in [3.63, 3.8) is 0 Å². The molecule has 0 saturated heterocycles. The number of ether oxygens (including phenoxy) is 3. The van der Waals surface area contributed by atoms with Crippen molar-refractivity contribution >= 4 is 33.4 Å². The zero-order valence-electron chi connectivity index (χ0n) is 17.2. The van der Waals surface area contributed by atoms with E-state index >= 15 is 0 Å². The zero-order valence-corrected chi connectivity index (χ0v) is 18.0. The Morgan fingerprint density at radius 2 is 1.97 bits per heavy atom. The molecule has 0 N–H and O–H groups in total. The van der Waals surface area contributed by atoms with Crippen molar-refractivity contribution in [3.8, 4) is 5.75 Å². The summed E-state index contributed by atoms with van der Waals surface area (Å²) in [5.41, 5.74) is 2.19. The lowest BCUT2D eigenvalue weighted by molar-refractivity contribution is -0.117.